The second-order valence-electron chi connectivity index (χ2n) is 1.80. The van der Waals surface area contributed by atoms with Crippen LogP contribution in [0.5, 0.6) is 0 Å². The second-order valence-corrected chi connectivity index (χ2v) is 1.80. The van der Waals surface area contributed by atoms with Crippen LogP contribution in [0.15, 0.2) is 18.6 Å². The number of nitrogens with one attached hydrogen (secondary N) is 1. The Morgan fingerprint density at radius 2 is 2.55 bits per heavy atom. The Hall–Kier alpha value is -1.49. The molecule has 0 bridgehead atoms. The lowest BCUT2D eigenvalue weighted by atomic mass is 10.4. The van der Waals surface area contributed by atoms with Crippen LogP contribution in [0.4, 0.5) is 0 Å². The Morgan fingerprint density at radius 3 is 3.09 bits per heavy atom. The van der Waals surface area contributed by atoms with E-state index >= 15 is 0 Å². The molecule has 1 aromatic heterocycles. The Labute approximate surface area is 63.7 Å². The van der Waals surface area contributed by atoms with Gasteiger partial charge in [-0.3, -0.25) is 4.79 Å². The van der Waals surface area contributed by atoms with Crippen molar-refractivity contribution in [1.82, 2.24) is 15.3 Å². The molecule has 58 valence electrons. The van der Waals surface area contributed by atoms with Gasteiger partial charge in [0.25, 0.3) is 5.91 Å². The predicted molar refractivity (Wildman–Crippen MR) is 38.6 cm³/mol. The molecule has 0 fully saturated rings. The highest BCUT2D eigenvalue weighted by molar-refractivity contribution is 5.91. The van der Waals surface area contributed by atoms with Gasteiger partial charge in [-0.25, -0.2) is 9.97 Å². The van der Waals surface area contributed by atoms with Gasteiger partial charge in [-0.1, -0.05) is 0 Å². The first kappa shape index (κ1) is 7.62. The summed E-state index contributed by atoms with van der Waals surface area (Å²) in [5.41, 5.74) is 5.42. The minimum absolute atomic E-state index is 0.114. The van der Waals surface area contributed by atoms with Crippen molar-refractivity contribution < 1.29 is 4.79 Å². The first-order valence-corrected chi connectivity index (χ1v) is 3.09. The molecule has 3 N–H and O–H groups in total. The molecule has 0 aliphatic carbocycles. The van der Waals surface area contributed by atoms with Gasteiger partial charge in [0.2, 0.25) is 0 Å². The molecule has 5 heteroatoms. The zero-order valence-electron chi connectivity index (χ0n) is 5.82. The summed E-state index contributed by atoms with van der Waals surface area (Å²) < 4.78 is 0. The highest BCUT2D eigenvalue weighted by Crippen LogP contribution is 1.88. The van der Waals surface area contributed by atoms with E-state index in [1.165, 1.54) is 18.6 Å². The molecule has 0 aliphatic rings. The molecular formula is C6H8N4O. The molecule has 0 atom stereocenters. The van der Waals surface area contributed by atoms with E-state index in [9.17, 15) is 4.79 Å². The maximum atomic E-state index is 11.0. The van der Waals surface area contributed by atoms with Gasteiger partial charge in [-0.2, -0.15) is 0 Å². The summed E-state index contributed by atoms with van der Waals surface area (Å²) in [7, 11) is 0. The second kappa shape index (κ2) is 3.62. The number of hydrogen-bond donors (Lipinski definition) is 2. The van der Waals surface area contributed by atoms with Crippen molar-refractivity contribution in [1.29, 1.82) is 0 Å². The van der Waals surface area contributed by atoms with Crippen molar-refractivity contribution in [2.45, 2.75) is 0 Å². The average Bonchev–Trinajstić information content (AvgIpc) is 2.07. The van der Waals surface area contributed by atoms with E-state index in [-0.39, 0.29) is 12.6 Å². The fourth-order valence-electron chi connectivity index (χ4n) is 0.608. The van der Waals surface area contributed by atoms with E-state index in [0.717, 1.165) is 0 Å². The molecule has 1 rings (SSSR count). The molecule has 1 heterocycles. The third-order valence-corrected chi connectivity index (χ3v) is 1.08. The number of hydrogen-bond acceptors (Lipinski definition) is 4. The van der Waals surface area contributed by atoms with Crippen LogP contribution in [-0.4, -0.2) is 22.5 Å². The number of carbonyl (C=O) groups is 1. The molecule has 0 saturated heterocycles. The molecule has 0 aliphatic heterocycles. The van der Waals surface area contributed by atoms with Crippen LogP contribution in [0.25, 0.3) is 0 Å². The third-order valence-electron chi connectivity index (χ3n) is 1.08. The van der Waals surface area contributed by atoms with E-state index in [0.29, 0.717) is 5.69 Å². The normalized spacial score (nSPS) is 9.18. The van der Waals surface area contributed by atoms with Crippen molar-refractivity contribution in [2.24, 2.45) is 5.73 Å². The summed E-state index contributed by atoms with van der Waals surface area (Å²) in [4.78, 5) is 18.3. The highest BCUT2D eigenvalue weighted by Gasteiger charge is 2.02. The molecule has 1 aromatic rings. The Morgan fingerprint density at radius 1 is 1.73 bits per heavy atom. The maximum absolute atomic E-state index is 11.0. The molecule has 0 spiro atoms. The van der Waals surface area contributed by atoms with Gasteiger partial charge in [0, 0.05) is 6.20 Å². The lowest BCUT2D eigenvalue weighted by Gasteiger charge is -1.98. The summed E-state index contributed by atoms with van der Waals surface area (Å²) in [6.07, 6.45) is 2.81. The summed E-state index contributed by atoms with van der Waals surface area (Å²) >= 11 is 0. The van der Waals surface area contributed by atoms with Crippen molar-refractivity contribution in [2.75, 3.05) is 6.67 Å². The Kier molecular flexibility index (Phi) is 2.51. The van der Waals surface area contributed by atoms with Gasteiger partial charge in [-0.15, -0.1) is 0 Å². The van der Waals surface area contributed by atoms with Crippen molar-refractivity contribution in [3.63, 3.8) is 0 Å². The topological polar surface area (TPSA) is 80.9 Å². The van der Waals surface area contributed by atoms with Gasteiger partial charge < -0.3 is 11.1 Å². The summed E-state index contributed by atoms with van der Waals surface area (Å²) in [6.45, 7) is 0.114. The van der Waals surface area contributed by atoms with Gasteiger partial charge >= 0.3 is 0 Å². The molecule has 0 radical (unpaired) electrons. The minimum atomic E-state index is -0.282. The van der Waals surface area contributed by atoms with Gasteiger partial charge in [0.1, 0.15) is 12.0 Å². The smallest absolute Gasteiger partial charge is 0.270 e. The molecule has 11 heavy (non-hydrogen) atoms. The summed E-state index contributed by atoms with van der Waals surface area (Å²) in [5.74, 6) is -0.282. The zero-order chi connectivity index (χ0) is 8.10. The van der Waals surface area contributed by atoms with Crippen LogP contribution in [0.3, 0.4) is 0 Å². The average molecular weight is 152 g/mol. The monoisotopic (exact) mass is 152 g/mol. The Balaban J connectivity index is 2.69. The van der Waals surface area contributed by atoms with E-state index < -0.39 is 0 Å². The van der Waals surface area contributed by atoms with Crippen molar-refractivity contribution in [3.05, 3.63) is 24.3 Å². The van der Waals surface area contributed by atoms with Crippen LogP contribution < -0.4 is 11.1 Å². The third kappa shape index (κ3) is 1.98. The molecule has 5 nitrogen and oxygen atoms in total. The number of nitrogens with zero attached hydrogens (tertiary/aromatic N) is 2. The standard InChI is InChI=1S/C6H8N4O/c7-3-9-6(11)5-1-2-8-4-10-5/h1-2,4H,3,7H2,(H,9,11). The number of rotatable bonds is 2. The number of nitrogens with two attached hydrogens (primary N) is 1. The van der Waals surface area contributed by atoms with Crippen LogP contribution in [0, 0.1) is 0 Å². The number of aromatic nitrogens is 2. The lowest BCUT2D eigenvalue weighted by molar-refractivity contribution is 0.0949. The lowest BCUT2D eigenvalue weighted by Crippen LogP contribution is -2.29. The van der Waals surface area contributed by atoms with E-state index in [1.807, 2.05) is 0 Å². The van der Waals surface area contributed by atoms with E-state index in [1.54, 1.807) is 0 Å². The van der Waals surface area contributed by atoms with Crippen molar-refractivity contribution in [3.8, 4) is 0 Å². The summed E-state index contributed by atoms with van der Waals surface area (Å²) in [5, 5.41) is 2.41. The van der Waals surface area contributed by atoms with E-state index in [4.69, 9.17) is 5.73 Å². The summed E-state index contributed by atoms with van der Waals surface area (Å²) in [6, 6.07) is 1.52. The number of amides is 1. The molecular weight excluding hydrogens is 144 g/mol. The van der Waals surface area contributed by atoms with E-state index in [2.05, 4.69) is 15.3 Å². The van der Waals surface area contributed by atoms with Crippen LogP contribution in [0.1, 0.15) is 10.5 Å². The number of carbonyl (C=O) groups excluding carboxylic acids is 1. The molecule has 0 saturated carbocycles. The van der Waals surface area contributed by atoms with Crippen LogP contribution in [0.2, 0.25) is 0 Å². The maximum Gasteiger partial charge on any atom is 0.270 e. The predicted octanol–water partition coefficient (Wildman–Crippen LogP) is -0.877. The van der Waals surface area contributed by atoms with Crippen LogP contribution >= 0.6 is 0 Å². The first-order chi connectivity index (χ1) is 5.34. The largest absolute Gasteiger partial charge is 0.338 e. The van der Waals surface area contributed by atoms with Crippen molar-refractivity contribution >= 4 is 5.91 Å². The Bertz CT molecular complexity index is 236. The highest BCUT2D eigenvalue weighted by atomic mass is 16.1. The molecule has 0 aromatic carbocycles. The quantitative estimate of drug-likeness (QED) is 0.539. The SMILES string of the molecule is NCNC(=O)c1ccncn1. The fourth-order valence-corrected chi connectivity index (χ4v) is 0.608. The molecule has 1 amide bonds. The van der Waals surface area contributed by atoms with Gasteiger partial charge in [0.15, 0.2) is 0 Å². The van der Waals surface area contributed by atoms with Crippen LogP contribution in [-0.2, 0) is 0 Å². The fraction of sp³-hybridized carbons (Fsp3) is 0.167. The molecule has 0 unspecified atom stereocenters. The minimum Gasteiger partial charge on any atom is -0.338 e. The van der Waals surface area contributed by atoms with Gasteiger partial charge in [0.05, 0.1) is 6.67 Å². The first-order valence-electron chi connectivity index (χ1n) is 3.09. The zero-order valence-corrected chi connectivity index (χ0v) is 5.82. The van der Waals surface area contributed by atoms with Gasteiger partial charge in [-0.05, 0) is 6.07 Å².